The first-order chi connectivity index (χ1) is 9.45. The number of anilines is 1. The van der Waals surface area contributed by atoms with Crippen molar-refractivity contribution < 1.29 is 8.42 Å². The fourth-order valence-electron chi connectivity index (χ4n) is 3.63. The third-order valence-corrected chi connectivity index (χ3v) is 6.10. The summed E-state index contributed by atoms with van der Waals surface area (Å²) in [7, 11) is -3.13. The number of nitrogens with two attached hydrogens (primary N) is 1. The summed E-state index contributed by atoms with van der Waals surface area (Å²) in [5.74, 6) is 0.423. The summed E-state index contributed by atoms with van der Waals surface area (Å²) >= 11 is 0. The van der Waals surface area contributed by atoms with Crippen LogP contribution in [0, 0.1) is 0 Å². The van der Waals surface area contributed by atoms with Crippen LogP contribution in [0.3, 0.4) is 0 Å². The molecule has 108 valence electrons. The van der Waals surface area contributed by atoms with Gasteiger partial charge in [-0.2, -0.15) is 0 Å². The first-order valence-electron chi connectivity index (χ1n) is 6.79. The molecule has 5 nitrogen and oxygen atoms in total. The Labute approximate surface area is 119 Å². The summed E-state index contributed by atoms with van der Waals surface area (Å²) in [5, 5.41) is -0.403. The van der Waals surface area contributed by atoms with Crippen molar-refractivity contribution in [2.45, 2.75) is 30.1 Å². The second kappa shape index (κ2) is 4.48. The van der Waals surface area contributed by atoms with E-state index in [9.17, 15) is 8.42 Å². The Morgan fingerprint density at radius 3 is 2.70 bits per heavy atom. The van der Waals surface area contributed by atoms with E-state index in [1.54, 1.807) is 0 Å². The lowest BCUT2D eigenvalue weighted by Gasteiger charge is -2.39. The summed E-state index contributed by atoms with van der Waals surface area (Å²) in [6.45, 7) is 0.464. The van der Waals surface area contributed by atoms with E-state index in [4.69, 9.17) is 5.73 Å². The van der Waals surface area contributed by atoms with E-state index in [0.29, 0.717) is 18.9 Å². The van der Waals surface area contributed by atoms with E-state index < -0.39 is 20.6 Å². The summed E-state index contributed by atoms with van der Waals surface area (Å²) in [6, 6.07) is 9.70. The van der Waals surface area contributed by atoms with Crippen LogP contribution in [0.25, 0.3) is 0 Å². The van der Waals surface area contributed by atoms with Crippen molar-refractivity contribution in [1.82, 2.24) is 0 Å². The number of hydrogen-bond acceptors (Lipinski definition) is 5. The maximum absolute atomic E-state index is 12.2. The molecule has 0 radical (unpaired) electrons. The van der Waals surface area contributed by atoms with Crippen molar-refractivity contribution in [3.8, 4) is 0 Å². The highest BCUT2D eigenvalue weighted by Crippen LogP contribution is 2.44. The molecule has 1 fully saturated rings. The first-order valence-corrected chi connectivity index (χ1v) is 8.75. The maximum atomic E-state index is 12.2. The van der Waals surface area contributed by atoms with Crippen molar-refractivity contribution >= 4 is 21.5 Å². The summed E-state index contributed by atoms with van der Waals surface area (Å²) in [4.78, 5) is 6.29. The Morgan fingerprint density at radius 1 is 1.35 bits per heavy atom. The van der Waals surface area contributed by atoms with Crippen LogP contribution in [-0.2, 0) is 9.84 Å². The van der Waals surface area contributed by atoms with Gasteiger partial charge in [-0.25, -0.2) is 8.42 Å². The number of hydrogen-bond donors (Lipinski definition) is 1. The molecule has 6 heteroatoms. The van der Waals surface area contributed by atoms with Gasteiger partial charge in [0.15, 0.2) is 15.8 Å². The predicted molar refractivity (Wildman–Crippen MR) is 80.6 cm³/mol. The van der Waals surface area contributed by atoms with E-state index >= 15 is 0 Å². The quantitative estimate of drug-likeness (QED) is 0.887. The molecule has 2 unspecified atom stereocenters. The number of rotatable bonds is 2. The van der Waals surface area contributed by atoms with Crippen molar-refractivity contribution in [3.05, 3.63) is 30.3 Å². The molecule has 1 aliphatic carbocycles. The Bertz CT molecular complexity index is 642. The fourth-order valence-corrected chi connectivity index (χ4v) is 5.32. The normalized spacial score (nSPS) is 29.9. The van der Waals surface area contributed by atoms with Crippen LogP contribution in [0.2, 0.25) is 0 Å². The summed E-state index contributed by atoms with van der Waals surface area (Å²) in [5.41, 5.74) is 6.47. The molecule has 0 bridgehead atoms. The highest BCUT2D eigenvalue weighted by molar-refractivity contribution is 7.91. The van der Waals surface area contributed by atoms with E-state index in [-0.39, 0.29) is 0 Å². The Balaban J connectivity index is 2.09. The van der Waals surface area contributed by atoms with Crippen molar-refractivity contribution in [2.75, 3.05) is 17.7 Å². The SMILES string of the molecule is CS(=O)(=O)C1CCCC12CN=C(N)N2c1ccccc1. The molecule has 1 aliphatic heterocycles. The number of sulfone groups is 1. The number of guanidine groups is 1. The monoisotopic (exact) mass is 293 g/mol. The van der Waals surface area contributed by atoms with Crippen LogP contribution in [0.5, 0.6) is 0 Å². The average molecular weight is 293 g/mol. The zero-order valence-corrected chi connectivity index (χ0v) is 12.3. The van der Waals surface area contributed by atoms with Gasteiger partial charge in [-0.1, -0.05) is 18.2 Å². The number of aliphatic imine (C=N–C) groups is 1. The third kappa shape index (κ3) is 1.90. The third-order valence-electron chi connectivity index (χ3n) is 4.40. The van der Waals surface area contributed by atoms with Gasteiger partial charge in [0.2, 0.25) is 0 Å². The Hall–Kier alpha value is -1.56. The van der Waals surface area contributed by atoms with Gasteiger partial charge in [0.25, 0.3) is 0 Å². The largest absolute Gasteiger partial charge is 0.369 e. The smallest absolute Gasteiger partial charge is 0.196 e. The molecule has 1 saturated carbocycles. The fraction of sp³-hybridized carbons (Fsp3) is 0.500. The van der Waals surface area contributed by atoms with Gasteiger partial charge in [-0.15, -0.1) is 0 Å². The minimum absolute atomic E-state index is 0.403. The lowest BCUT2D eigenvalue weighted by molar-refractivity contribution is 0.462. The molecule has 2 atom stereocenters. The van der Waals surface area contributed by atoms with Crippen molar-refractivity contribution in [3.63, 3.8) is 0 Å². The first kappa shape index (κ1) is 13.4. The van der Waals surface area contributed by atoms with Crippen LogP contribution >= 0.6 is 0 Å². The molecule has 1 heterocycles. The van der Waals surface area contributed by atoms with Gasteiger partial charge in [-0.3, -0.25) is 4.99 Å². The van der Waals surface area contributed by atoms with Gasteiger partial charge >= 0.3 is 0 Å². The molecule has 3 rings (SSSR count). The Kier molecular flexibility index (Phi) is 3.01. The van der Waals surface area contributed by atoms with E-state index in [1.807, 2.05) is 35.2 Å². The Morgan fingerprint density at radius 2 is 2.05 bits per heavy atom. The second-order valence-corrected chi connectivity index (χ2v) is 7.89. The molecule has 20 heavy (non-hydrogen) atoms. The van der Waals surface area contributed by atoms with Crippen LogP contribution in [-0.4, -0.2) is 38.0 Å². The lowest BCUT2D eigenvalue weighted by Crippen LogP contribution is -2.58. The molecule has 2 N–H and O–H groups in total. The highest BCUT2D eigenvalue weighted by Gasteiger charge is 2.55. The summed E-state index contributed by atoms with van der Waals surface area (Å²) < 4.78 is 24.3. The van der Waals surface area contributed by atoms with Crippen molar-refractivity contribution in [1.29, 1.82) is 0 Å². The lowest BCUT2D eigenvalue weighted by atomic mass is 9.95. The molecule has 0 aromatic heterocycles. The molecule has 1 spiro atoms. The van der Waals surface area contributed by atoms with Gasteiger partial charge in [0, 0.05) is 11.9 Å². The molecule has 2 aliphatic rings. The minimum Gasteiger partial charge on any atom is -0.369 e. The molecular formula is C14H19N3O2S. The molecule has 0 saturated heterocycles. The van der Waals surface area contributed by atoms with E-state index in [1.165, 1.54) is 6.26 Å². The van der Waals surface area contributed by atoms with Crippen LogP contribution < -0.4 is 10.6 Å². The van der Waals surface area contributed by atoms with E-state index in [2.05, 4.69) is 4.99 Å². The van der Waals surface area contributed by atoms with Gasteiger partial charge in [-0.05, 0) is 31.4 Å². The molecule has 0 amide bonds. The van der Waals surface area contributed by atoms with Crippen LogP contribution in [0.4, 0.5) is 5.69 Å². The molecular weight excluding hydrogens is 274 g/mol. The van der Waals surface area contributed by atoms with Crippen molar-refractivity contribution in [2.24, 2.45) is 10.7 Å². The predicted octanol–water partition coefficient (Wildman–Crippen LogP) is 1.16. The van der Waals surface area contributed by atoms with Gasteiger partial charge in [0.1, 0.15) is 0 Å². The number of para-hydroxylation sites is 1. The maximum Gasteiger partial charge on any atom is 0.196 e. The second-order valence-electron chi connectivity index (χ2n) is 5.66. The van der Waals surface area contributed by atoms with Gasteiger partial charge in [0.05, 0.1) is 17.3 Å². The average Bonchev–Trinajstić information content (AvgIpc) is 2.96. The highest BCUT2D eigenvalue weighted by atomic mass is 32.2. The van der Waals surface area contributed by atoms with Gasteiger partial charge < -0.3 is 10.6 Å². The topological polar surface area (TPSA) is 75.8 Å². The van der Waals surface area contributed by atoms with Crippen LogP contribution in [0.1, 0.15) is 19.3 Å². The minimum atomic E-state index is -3.13. The zero-order chi connectivity index (χ0) is 14.4. The standard InChI is InChI=1S/C14H19N3O2S/c1-20(18,19)12-8-5-9-14(12)10-16-13(15)17(14)11-6-3-2-4-7-11/h2-4,6-7,12H,5,8-10H2,1H3,(H2,15,16). The molecule has 1 aromatic rings. The molecule has 1 aromatic carbocycles. The number of nitrogens with zero attached hydrogens (tertiary/aromatic N) is 2. The summed E-state index contributed by atoms with van der Waals surface area (Å²) in [6.07, 6.45) is 3.71. The van der Waals surface area contributed by atoms with Crippen LogP contribution in [0.15, 0.2) is 35.3 Å². The number of benzene rings is 1. The zero-order valence-electron chi connectivity index (χ0n) is 11.5. The van der Waals surface area contributed by atoms with E-state index in [0.717, 1.165) is 18.5 Å².